The highest BCUT2D eigenvalue weighted by Gasteiger charge is 2.23. The fourth-order valence-corrected chi connectivity index (χ4v) is 3.39. The van der Waals surface area contributed by atoms with Crippen molar-refractivity contribution in [2.45, 2.75) is 31.6 Å². The Morgan fingerprint density at radius 3 is 2.83 bits per heavy atom. The molecule has 1 aliphatic heterocycles. The Kier molecular flexibility index (Phi) is 4.27. The van der Waals surface area contributed by atoms with Gasteiger partial charge < -0.3 is 0 Å². The molecule has 0 amide bonds. The maximum Gasteiger partial charge on any atom is 0.256 e. The van der Waals surface area contributed by atoms with Gasteiger partial charge in [-0.05, 0) is 24.1 Å². The molecular weight excluding hydrogens is 333 g/mol. The lowest BCUT2D eigenvalue weighted by Crippen LogP contribution is -2.36. The molecule has 0 saturated heterocycles. The lowest BCUT2D eigenvalue weighted by atomic mass is 10.0. The summed E-state index contributed by atoms with van der Waals surface area (Å²) in [7, 11) is -3.55. The van der Waals surface area contributed by atoms with Gasteiger partial charge in [0, 0.05) is 32.3 Å². The largest absolute Gasteiger partial charge is 0.297 e. The predicted molar refractivity (Wildman–Crippen MR) is 86.9 cm³/mol. The number of sulfone groups is 1. The average molecular weight is 351 g/mol. The predicted octanol–water partition coefficient (Wildman–Crippen LogP) is 1.18. The van der Waals surface area contributed by atoms with Crippen molar-refractivity contribution in [3.8, 4) is 0 Å². The van der Waals surface area contributed by atoms with E-state index >= 15 is 0 Å². The van der Waals surface area contributed by atoms with Crippen LogP contribution in [0.4, 0.5) is 4.39 Å². The molecule has 1 aromatic heterocycles. The molecule has 6 nitrogen and oxygen atoms in total. The number of aromatic nitrogens is 2. The van der Waals surface area contributed by atoms with Crippen LogP contribution < -0.4 is 5.56 Å². The highest BCUT2D eigenvalue weighted by Crippen LogP contribution is 2.20. The van der Waals surface area contributed by atoms with Gasteiger partial charge in [0.25, 0.3) is 5.56 Å². The van der Waals surface area contributed by atoms with Crippen molar-refractivity contribution in [2.24, 2.45) is 0 Å². The summed E-state index contributed by atoms with van der Waals surface area (Å²) >= 11 is 0. The first-order chi connectivity index (χ1) is 11.3. The Balaban J connectivity index is 1.87. The monoisotopic (exact) mass is 351 g/mol. The van der Waals surface area contributed by atoms with Crippen LogP contribution in [0.3, 0.4) is 0 Å². The second-order valence-electron chi connectivity index (χ2n) is 6.05. The Hall–Kier alpha value is -2.06. The van der Waals surface area contributed by atoms with E-state index in [9.17, 15) is 17.6 Å². The van der Waals surface area contributed by atoms with Crippen molar-refractivity contribution >= 4 is 9.84 Å². The van der Waals surface area contributed by atoms with E-state index in [0.29, 0.717) is 42.9 Å². The average Bonchev–Trinajstić information content (AvgIpc) is 2.51. The summed E-state index contributed by atoms with van der Waals surface area (Å²) in [5, 5.41) is -0.291. The molecule has 24 heavy (non-hydrogen) atoms. The number of fused-ring (bicyclic) bond motifs is 1. The number of hydrogen-bond acceptors (Lipinski definition) is 5. The Labute approximate surface area is 139 Å². The van der Waals surface area contributed by atoms with Crippen LogP contribution in [0.1, 0.15) is 22.4 Å². The molecular formula is C16H18FN3O3S. The van der Waals surface area contributed by atoms with Gasteiger partial charge >= 0.3 is 0 Å². The van der Waals surface area contributed by atoms with Crippen LogP contribution in [-0.2, 0) is 29.3 Å². The van der Waals surface area contributed by atoms with Gasteiger partial charge in [-0.15, -0.1) is 0 Å². The van der Waals surface area contributed by atoms with Crippen molar-refractivity contribution in [3.63, 3.8) is 0 Å². The molecule has 2 aromatic rings. The second-order valence-corrected chi connectivity index (χ2v) is 7.98. The fraction of sp³-hybridized carbons (Fsp3) is 0.375. The van der Waals surface area contributed by atoms with Gasteiger partial charge in [0.1, 0.15) is 5.82 Å². The molecule has 0 fully saturated rings. The summed E-state index contributed by atoms with van der Waals surface area (Å²) in [6.45, 7) is 3.24. The zero-order valence-electron chi connectivity index (χ0n) is 13.5. The Morgan fingerprint density at radius 1 is 1.38 bits per heavy atom. The van der Waals surface area contributed by atoms with Gasteiger partial charge in [0.2, 0.25) is 15.0 Å². The number of H-pyrrole nitrogens is 1. The molecule has 128 valence electrons. The smallest absolute Gasteiger partial charge is 0.256 e. The zero-order chi connectivity index (χ0) is 17.5. The quantitative estimate of drug-likeness (QED) is 0.840. The van der Waals surface area contributed by atoms with Crippen molar-refractivity contribution in [1.82, 2.24) is 14.9 Å². The number of nitrogens with zero attached hydrogens (tertiary/aromatic N) is 2. The van der Waals surface area contributed by atoms with Crippen molar-refractivity contribution in [1.29, 1.82) is 0 Å². The summed E-state index contributed by atoms with van der Waals surface area (Å²) in [6, 6.07) is 4.96. The van der Waals surface area contributed by atoms with Crippen molar-refractivity contribution in [2.75, 3.05) is 12.8 Å². The maximum absolute atomic E-state index is 13.7. The molecule has 0 saturated carbocycles. The molecule has 0 spiro atoms. The summed E-state index contributed by atoms with van der Waals surface area (Å²) in [5.74, 6) is -0.248. The molecule has 1 aliphatic rings. The first-order valence-electron chi connectivity index (χ1n) is 7.54. The summed E-state index contributed by atoms with van der Waals surface area (Å²) in [4.78, 5) is 20.7. The van der Waals surface area contributed by atoms with Gasteiger partial charge in [-0.3, -0.25) is 14.7 Å². The van der Waals surface area contributed by atoms with E-state index in [2.05, 4.69) is 9.97 Å². The van der Waals surface area contributed by atoms with E-state index in [-0.39, 0.29) is 11.0 Å². The number of nitrogens with one attached hydrogen (secondary N) is 1. The summed E-state index contributed by atoms with van der Waals surface area (Å²) < 4.78 is 36.8. The van der Waals surface area contributed by atoms with E-state index in [0.717, 1.165) is 11.8 Å². The fourth-order valence-electron chi connectivity index (χ4n) is 2.83. The van der Waals surface area contributed by atoms with Crippen LogP contribution in [0.25, 0.3) is 0 Å². The van der Waals surface area contributed by atoms with Gasteiger partial charge in [-0.25, -0.2) is 17.8 Å². The highest BCUT2D eigenvalue weighted by molar-refractivity contribution is 7.90. The van der Waals surface area contributed by atoms with Gasteiger partial charge in [0.15, 0.2) is 0 Å². The number of aromatic amines is 1. The number of rotatable bonds is 3. The first kappa shape index (κ1) is 16.8. The highest BCUT2D eigenvalue weighted by atomic mass is 32.2. The van der Waals surface area contributed by atoms with Crippen LogP contribution >= 0.6 is 0 Å². The first-order valence-corrected chi connectivity index (χ1v) is 9.43. The normalized spacial score (nSPS) is 15.3. The minimum Gasteiger partial charge on any atom is -0.297 e. The molecule has 8 heteroatoms. The van der Waals surface area contributed by atoms with Gasteiger partial charge in [0.05, 0.1) is 11.3 Å². The van der Waals surface area contributed by atoms with E-state index in [1.54, 1.807) is 13.0 Å². The third-order valence-corrected chi connectivity index (χ3v) is 5.15. The topological polar surface area (TPSA) is 83.1 Å². The van der Waals surface area contributed by atoms with Crippen LogP contribution in [0, 0.1) is 12.7 Å². The summed E-state index contributed by atoms with van der Waals surface area (Å²) in [6.07, 6.45) is 1.50. The number of hydrogen-bond donors (Lipinski definition) is 1. The number of halogens is 1. The van der Waals surface area contributed by atoms with E-state index in [1.165, 1.54) is 6.07 Å². The standard InChI is InChI=1S/C16H18FN3O3S/c1-10-11(4-3-5-13(10)17)8-20-7-6-14-12(9-20)15(21)19-16(18-14)24(2,22)23/h3-5H,6-9H2,1-2H3,(H,18,19,21). The molecule has 3 rings (SSSR count). The van der Waals surface area contributed by atoms with E-state index in [1.807, 2.05) is 11.0 Å². The minimum atomic E-state index is -3.55. The van der Waals surface area contributed by atoms with Crippen molar-refractivity contribution in [3.05, 3.63) is 56.8 Å². The SMILES string of the molecule is Cc1c(F)cccc1CN1CCc2nc(S(C)(=O)=O)[nH]c(=O)c2C1. The van der Waals surface area contributed by atoms with Crippen LogP contribution in [0.5, 0.6) is 0 Å². The summed E-state index contributed by atoms with van der Waals surface area (Å²) in [5.41, 5.74) is 2.04. The molecule has 1 N–H and O–H groups in total. The third kappa shape index (κ3) is 3.25. The van der Waals surface area contributed by atoms with Crippen molar-refractivity contribution < 1.29 is 12.8 Å². The number of benzene rings is 1. The minimum absolute atomic E-state index is 0.248. The molecule has 2 heterocycles. The lowest BCUT2D eigenvalue weighted by molar-refractivity contribution is 0.240. The third-order valence-electron chi connectivity index (χ3n) is 4.25. The molecule has 0 radical (unpaired) electrons. The molecule has 0 bridgehead atoms. The van der Waals surface area contributed by atoms with Crippen LogP contribution in [0.2, 0.25) is 0 Å². The van der Waals surface area contributed by atoms with Gasteiger partial charge in [-0.2, -0.15) is 0 Å². The lowest BCUT2D eigenvalue weighted by Gasteiger charge is -2.28. The molecule has 0 unspecified atom stereocenters. The van der Waals surface area contributed by atoms with Crippen LogP contribution in [0.15, 0.2) is 28.2 Å². The second kappa shape index (κ2) is 6.10. The molecule has 1 aromatic carbocycles. The zero-order valence-corrected chi connectivity index (χ0v) is 14.3. The molecule has 0 aliphatic carbocycles. The van der Waals surface area contributed by atoms with Gasteiger partial charge in [-0.1, -0.05) is 12.1 Å². The molecule has 0 atom stereocenters. The Morgan fingerprint density at radius 2 is 2.12 bits per heavy atom. The van der Waals surface area contributed by atoms with Crippen LogP contribution in [-0.4, -0.2) is 36.1 Å². The maximum atomic E-state index is 13.7. The van der Waals surface area contributed by atoms with E-state index < -0.39 is 15.4 Å². The van der Waals surface area contributed by atoms with E-state index in [4.69, 9.17) is 0 Å². The Bertz CT molecular complexity index is 954.